The Bertz CT molecular complexity index is 338. The average Bonchev–Trinajstić information content (AvgIpc) is 2.21. The lowest BCUT2D eigenvalue weighted by atomic mass is 10.0. The van der Waals surface area contributed by atoms with Crippen LogP contribution >= 0.6 is 15.9 Å². The van der Waals surface area contributed by atoms with Gasteiger partial charge in [-0.15, -0.1) is 6.58 Å². The molecule has 0 aliphatic rings. The van der Waals surface area contributed by atoms with Crippen LogP contribution < -0.4 is 5.32 Å². The summed E-state index contributed by atoms with van der Waals surface area (Å²) in [4.78, 5) is 0. The first-order valence-electron chi connectivity index (χ1n) is 4.92. The first-order valence-corrected chi connectivity index (χ1v) is 5.71. The smallest absolute Gasteiger partial charge is 0.124 e. The normalized spacial score (nSPS) is 12.5. The third-order valence-electron chi connectivity index (χ3n) is 2.35. The van der Waals surface area contributed by atoms with Gasteiger partial charge >= 0.3 is 0 Å². The Kier molecular flexibility index (Phi) is 4.99. The van der Waals surface area contributed by atoms with E-state index < -0.39 is 0 Å². The summed E-state index contributed by atoms with van der Waals surface area (Å²) in [6.45, 7) is 3.70. The Labute approximate surface area is 98.5 Å². The van der Waals surface area contributed by atoms with Gasteiger partial charge < -0.3 is 5.32 Å². The summed E-state index contributed by atoms with van der Waals surface area (Å²) < 4.78 is 13.7. The van der Waals surface area contributed by atoms with Crippen molar-refractivity contribution >= 4 is 15.9 Å². The van der Waals surface area contributed by atoms with Gasteiger partial charge in [-0.2, -0.15) is 0 Å². The van der Waals surface area contributed by atoms with E-state index in [0.717, 1.165) is 22.9 Å². The number of rotatable bonds is 5. The fraction of sp³-hybridized carbons (Fsp3) is 0.333. The van der Waals surface area contributed by atoms with E-state index in [1.807, 2.05) is 19.2 Å². The number of hydrogen-bond acceptors (Lipinski definition) is 1. The summed E-state index contributed by atoms with van der Waals surface area (Å²) in [5.74, 6) is -0.218. The monoisotopic (exact) mass is 271 g/mol. The van der Waals surface area contributed by atoms with E-state index in [1.54, 1.807) is 0 Å². The van der Waals surface area contributed by atoms with E-state index >= 15 is 0 Å². The van der Waals surface area contributed by atoms with Crippen LogP contribution in [0, 0.1) is 5.82 Å². The van der Waals surface area contributed by atoms with Crippen molar-refractivity contribution in [2.75, 3.05) is 7.05 Å². The zero-order chi connectivity index (χ0) is 11.3. The summed E-state index contributed by atoms with van der Waals surface area (Å²) in [6.07, 6.45) is 3.79. The van der Waals surface area contributed by atoms with Crippen LogP contribution in [0.4, 0.5) is 4.39 Å². The van der Waals surface area contributed by atoms with Crippen molar-refractivity contribution in [2.24, 2.45) is 0 Å². The van der Waals surface area contributed by atoms with Crippen molar-refractivity contribution in [2.45, 2.75) is 18.9 Å². The minimum Gasteiger partial charge on any atom is -0.313 e. The molecule has 1 unspecified atom stereocenters. The van der Waals surface area contributed by atoms with E-state index in [0.29, 0.717) is 0 Å². The topological polar surface area (TPSA) is 12.0 Å². The molecule has 82 valence electrons. The largest absolute Gasteiger partial charge is 0.313 e. The Morgan fingerprint density at radius 1 is 1.60 bits per heavy atom. The van der Waals surface area contributed by atoms with Crippen LogP contribution in [0.3, 0.4) is 0 Å². The van der Waals surface area contributed by atoms with E-state index in [4.69, 9.17) is 0 Å². The molecule has 3 heteroatoms. The van der Waals surface area contributed by atoms with Gasteiger partial charge in [0.2, 0.25) is 0 Å². The molecule has 1 N–H and O–H groups in total. The van der Waals surface area contributed by atoms with Gasteiger partial charge in [0.1, 0.15) is 5.82 Å². The van der Waals surface area contributed by atoms with Crippen molar-refractivity contribution in [1.29, 1.82) is 0 Å². The second-order valence-electron chi connectivity index (χ2n) is 3.37. The first-order chi connectivity index (χ1) is 7.19. The number of allylic oxidation sites excluding steroid dienone is 1. The van der Waals surface area contributed by atoms with Crippen LogP contribution in [-0.4, -0.2) is 7.05 Å². The second kappa shape index (κ2) is 6.03. The molecule has 0 aliphatic heterocycles. The molecule has 1 atom stereocenters. The van der Waals surface area contributed by atoms with Crippen LogP contribution in [-0.2, 0) is 0 Å². The maximum atomic E-state index is 12.9. The highest BCUT2D eigenvalue weighted by Gasteiger charge is 2.11. The fourth-order valence-corrected chi connectivity index (χ4v) is 2.15. The molecule has 0 radical (unpaired) electrons. The lowest BCUT2D eigenvalue weighted by Gasteiger charge is -2.17. The third kappa shape index (κ3) is 3.43. The van der Waals surface area contributed by atoms with Gasteiger partial charge in [-0.3, -0.25) is 0 Å². The summed E-state index contributed by atoms with van der Waals surface area (Å²) in [6, 6.07) is 5.02. The lowest BCUT2D eigenvalue weighted by molar-refractivity contribution is 0.549. The molecule has 1 aromatic carbocycles. The molecule has 1 rings (SSSR count). The zero-order valence-corrected chi connectivity index (χ0v) is 10.3. The Hall–Kier alpha value is -0.670. The second-order valence-corrected chi connectivity index (χ2v) is 4.23. The van der Waals surface area contributed by atoms with Gasteiger partial charge in [0, 0.05) is 10.5 Å². The molecule has 0 saturated heterocycles. The number of nitrogens with one attached hydrogen (secondary N) is 1. The Balaban J connectivity index is 2.86. The quantitative estimate of drug-likeness (QED) is 0.803. The highest BCUT2D eigenvalue weighted by molar-refractivity contribution is 9.10. The minimum atomic E-state index is -0.218. The maximum absolute atomic E-state index is 12.9. The van der Waals surface area contributed by atoms with E-state index in [9.17, 15) is 4.39 Å². The molecule has 1 nitrogen and oxygen atoms in total. The molecule has 0 spiro atoms. The van der Waals surface area contributed by atoms with Gasteiger partial charge in [-0.05, 0) is 37.6 Å². The zero-order valence-electron chi connectivity index (χ0n) is 8.76. The molecule has 0 aliphatic carbocycles. The van der Waals surface area contributed by atoms with Crippen LogP contribution in [0.15, 0.2) is 35.3 Å². The molecule has 0 aromatic heterocycles. The van der Waals surface area contributed by atoms with Crippen LogP contribution in [0.5, 0.6) is 0 Å². The summed E-state index contributed by atoms with van der Waals surface area (Å²) in [5, 5.41) is 3.21. The number of benzene rings is 1. The molecule has 15 heavy (non-hydrogen) atoms. The third-order valence-corrected chi connectivity index (χ3v) is 3.03. The van der Waals surface area contributed by atoms with Gasteiger partial charge in [-0.1, -0.05) is 28.1 Å². The standard InChI is InChI=1S/C12H15BrFN/c1-3-4-5-12(15-2)10-7-6-9(14)8-11(10)13/h3,6-8,12,15H,1,4-5H2,2H3. The lowest BCUT2D eigenvalue weighted by Crippen LogP contribution is -2.16. The van der Waals surface area contributed by atoms with Gasteiger partial charge in [0.25, 0.3) is 0 Å². The predicted molar refractivity (Wildman–Crippen MR) is 65.3 cm³/mol. The van der Waals surface area contributed by atoms with Crippen LogP contribution in [0.1, 0.15) is 24.4 Å². The van der Waals surface area contributed by atoms with Crippen molar-refractivity contribution in [3.63, 3.8) is 0 Å². The van der Waals surface area contributed by atoms with Crippen LogP contribution in [0.25, 0.3) is 0 Å². The SMILES string of the molecule is C=CCCC(NC)c1ccc(F)cc1Br. The van der Waals surface area contributed by atoms with Crippen molar-refractivity contribution in [1.82, 2.24) is 5.32 Å². The number of halogens is 2. The van der Waals surface area contributed by atoms with Crippen molar-refractivity contribution in [3.05, 3.63) is 46.7 Å². The maximum Gasteiger partial charge on any atom is 0.124 e. The first kappa shape index (κ1) is 12.4. The minimum absolute atomic E-state index is 0.218. The molecule has 0 saturated carbocycles. The summed E-state index contributed by atoms with van der Waals surface area (Å²) >= 11 is 3.37. The Morgan fingerprint density at radius 2 is 2.33 bits per heavy atom. The van der Waals surface area contributed by atoms with Gasteiger partial charge in [-0.25, -0.2) is 4.39 Å². The molecular weight excluding hydrogens is 257 g/mol. The predicted octanol–water partition coefficient (Wildman–Crippen LogP) is 3.81. The van der Waals surface area contributed by atoms with E-state index in [2.05, 4.69) is 27.8 Å². The summed E-state index contributed by atoms with van der Waals surface area (Å²) in [7, 11) is 1.91. The highest BCUT2D eigenvalue weighted by atomic mass is 79.9. The van der Waals surface area contributed by atoms with Gasteiger partial charge in [0.05, 0.1) is 0 Å². The van der Waals surface area contributed by atoms with Crippen molar-refractivity contribution in [3.8, 4) is 0 Å². The molecule has 1 aromatic rings. The van der Waals surface area contributed by atoms with E-state index in [1.165, 1.54) is 12.1 Å². The molecule has 0 fully saturated rings. The molecule has 0 bridgehead atoms. The van der Waals surface area contributed by atoms with E-state index in [-0.39, 0.29) is 11.9 Å². The molecule has 0 amide bonds. The Morgan fingerprint density at radius 3 is 2.87 bits per heavy atom. The highest BCUT2D eigenvalue weighted by Crippen LogP contribution is 2.27. The molecule has 0 heterocycles. The van der Waals surface area contributed by atoms with Crippen molar-refractivity contribution < 1.29 is 4.39 Å². The molecular formula is C12H15BrFN. The fourth-order valence-electron chi connectivity index (χ4n) is 1.52. The number of hydrogen-bond donors (Lipinski definition) is 1. The summed E-state index contributed by atoms with van der Waals surface area (Å²) in [5.41, 5.74) is 1.08. The van der Waals surface area contributed by atoms with Gasteiger partial charge in [0.15, 0.2) is 0 Å². The van der Waals surface area contributed by atoms with Crippen LogP contribution in [0.2, 0.25) is 0 Å². The average molecular weight is 272 g/mol.